The zero-order valence-corrected chi connectivity index (χ0v) is 39.1. The molecule has 0 rings (SSSR count). The summed E-state index contributed by atoms with van der Waals surface area (Å²) in [6, 6.07) is 0. The number of rotatable bonds is 28. The number of nitrogens with one attached hydrogen (secondary N) is 1. The number of halogens is 3. The Balaban J connectivity index is 4.92. The molecule has 0 aliphatic rings. The van der Waals surface area contributed by atoms with E-state index in [1.165, 1.54) is 0 Å². The summed E-state index contributed by atoms with van der Waals surface area (Å²) in [5.41, 5.74) is -1.97. The smallest absolute Gasteiger partial charge is 0.322 e. The second-order valence-corrected chi connectivity index (χ2v) is 22.0. The molecule has 320 valence electrons. The van der Waals surface area contributed by atoms with Crippen LogP contribution < -0.4 is 5.32 Å². The molecule has 1 amide bonds. The normalized spacial score (nSPS) is 13.2. The van der Waals surface area contributed by atoms with Crippen LogP contribution in [0.4, 0.5) is 0 Å². The number of hydrogen-bond acceptors (Lipinski definition) is 14. The average molecular weight is 984 g/mol. The van der Waals surface area contributed by atoms with Crippen LogP contribution in [0.25, 0.3) is 0 Å². The van der Waals surface area contributed by atoms with E-state index in [0.29, 0.717) is 19.6 Å². The number of ether oxygens (including phenoxy) is 7. The number of amides is 1. The minimum Gasteiger partial charge on any atom is -0.464 e. The van der Waals surface area contributed by atoms with Gasteiger partial charge >= 0.3 is 23.9 Å². The molecular formula is C37H63Br3N2O13. The van der Waals surface area contributed by atoms with Gasteiger partial charge in [-0.15, -0.1) is 0 Å². The van der Waals surface area contributed by atoms with Gasteiger partial charge in [-0.1, -0.05) is 47.8 Å². The number of carbonyl (C=O) groups excluding carboxylic acids is 6. The van der Waals surface area contributed by atoms with Crippen LogP contribution in [0.1, 0.15) is 81.6 Å². The predicted molar refractivity (Wildman–Crippen MR) is 217 cm³/mol. The van der Waals surface area contributed by atoms with Gasteiger partial charge in [0.05, 0.1) is 44.2 Å². The third-order valence-electron chi connectivity index (χ3n) is 7.11. The number of carbonyl (C=O) groups is 6. The lowest BCUT2D eigenvalue weighted by atomic mass is 9.91. The first kappa shape index (κ1) is 53.3. The Bertz CT molecular complexity index is 1160. The molecule has 0 aromatic rings. The van der Waals surface area contributed by atoms with Gasteiger partial charge in [-0.2, -0.15) is 0 Å². The summed E-state index contributed by atoms with van der Waals surface area (Å²) < 4.78 is 35.8. The van der Waals surface area contributed by atoms with Crippen LogP contribution in [0.3, 0.4) is 0 Å². The topological polar surface area (TPSA) is 182 Å². The Labute approximate surface area is 352 Å². The van der Waals surface area contributed by atoms with E-state index >= 15 is 0 Å². The zero-order valence-electron chi connectivity index (χ0n) is 34.4. The third kappa shape index (κ3) is 26.0. The van der Waals surface area contributed by atoms with Crippen LogP contribution in [-0.2, 0) is 61.9 Å². The molecule has 0 aromatic carbocycles. The Kier molecular flexibility index (Phi) is 24.2. The second-order valence-electron chi connectivity index (χ2n) is 16.0. The fourth-order valence-corrected chi connectivity index (χ4v) is 4.57. The molecule has 15 nitrogen and oxygen atoms in total. The molecule has 0 heterocycles. The number of Topliss-reactive ketones (excluding diaryl/α,β-unsaturated/α-hetero) is 1. The standard InChI is InChI=1S/C37H63Br3N2O13/c1-33(2,3)55-28(44)19-26(20-42(10)11)29(45)41-14-16-50-18-17-49-15-12-13-27(43)21-51-22-37(23-52-30(46)34(4,5)38,24-53-31(47)35(6,7)39)25-54-32(48)36(8,9)40/h26H,12-25H2,1-11H3,(H,41,45)/t26-/m0/s1. The molecule has 0 aliphatic heterocycles. The lowest BCUT2D eigenvalue weighted by molar-refractivity contribution is -0.170. The van der Waals surface area contributed by atoms with Crippen LogP contribution in [0.15, 0.2) is 0 Å². The van der Waals surface area contributed by atoms with Crippen molar-refractivity contribution >= 4 is 83.4 Å². The van der Waals surface area contributed by atoms with E-state index in [-0.39, 0.29) is 83.9 Å². The lowest BCUT2D eigenvalue weighted by Gasteiger charge is -2.34. The highest BCUT2D eigenvalue weighted by atomic mass is 79.9. The maximum atomic E-state index is 12.7. The Morgan fingerprint density at radius 3 is 1.51 bits per heavy atom. The van der Waals surface area contributed by atoms with Crippen molar-refractivity contribution < 1.29 is 61.9 Å². The van der Waals surface area contributed by atoms with Gasteiger partial charge in [0, 0.05) is 26.1 Å². The molecule has 0 spiro atoms. The molecule has 0 aliphatic carbocycles. The quantitative estimate of drug-likeness (QED) is 0.0499. The van der Waals surface area contributed by atoms with Crippen molar-refractivity contribution in [3.63, 3.8) is 0 Å². The summed E-state index contributed by atoms with van der Waals surface area (Å²) in [5.74, 6) is -3.30. The molecule has 0 unspecified atom stereocenters. The van der Waals surface area contributed by atoms with Crippen LogP contribution in [0.2, 0.25) is 0 Å². The Morgan fingerprint density at radius 1 is 0.636 bits per heavy atom. The van der Waals surface area contributed by atoms with E-state index in [2.05, 4.69) is 53.1 Å². The molecule has 0 saturated heterocycles. The molecule has 18 heteroatoms. The van der Waals surface area contributed by atoms with Crippen molar-refractivity contribution in [3.05, 3.63) is 0 Å². The van der Waals surface area contributed by atoms with Crippen LogP contribution in [0, 0.1) is 11.3 Å². The third-order valence-corrected chi connectivity index (χ3v) is 8.08. The molecule has 0 radical (unpaired) electrons. The Morgan fingerprint density at radius 2 is 1.09 bits per heavy atom. The SMILES string of the molecule is CN(C)C[C@H](CC(=O)OC(C)(C)C)C(=O)NCCOCCOCCCC(=O)COCC(COC(=O)C(C)(C)Br)(COC(=O)C(C)(C)Br)COC(=O)C(C)(C)Br. The molecule has 0 bridgehead atoms. The molecular weight excluding hydrogens is 920 g/mol. The number of esters is 4. The molecule has 0 saturated carbocycles. The minimum atomic E-state index is -1.34. The maximum absolute atomic E-state index is 12.7. The molecule has 1 atom stereocenters. The van der Waals surface area contributed by atoms with Gasteiger partial charge in [-0.3, -0.25) is 28.8 Å². The van der Waals surface area contributed by atoms with E-state index in [0.717, 1.165) is 0 Å². The zero-order chi connectivity index (χ0) is 42.7. The highest BCUT2D eigenvalue weighted by Gasteiger charge is 2.41. The highest BCUT2D eigenvalue weighted by molar-refractivity contribution is 9.10. The molecule has 55 heavy (non-hydrogen) atoms. The van der Waals surface area contributed by atoms with E-state index < -0.39 is 53.8 Å². The van der Waals surface area contributed by atoms with Crippen LogP contribution in [-0.4, -0.2) is 146 Å². The summed E-state index contributed by atoms with van der Waals surface area (Å²) in [4.78, 5) is 77.4. The first-order valence-electron chi connectivity index (χ1n) is 18.1. The molecule has 1 N–H and O–H groups in total. The largest absolute Gasteiger partial charge is 0.464 e. The fourth-order valence-electron chi connectivity index (χ4n) is 4.22. The van der Waals surface area contributed by atoms with Gasteiger partial charge in [0.1, 0.15) is 45.0 Å². The van der Waals surface area contributed by atoms with Crippen molar-refractivity contribution in [2.45, 2.75) is 100 Å². The van der Waals surface area contributed by atoms with Crippen LogP contribution >= 0.6 is 47.8 Å². The molecule has 0 fully saturated rings. The number of alkyl halides is 3. The number of nitrogens with zero attached hydrogens (tertiary/aromatic N) is 1. The number of ketones is 1. The average Bonchev–Trinajstić information content (AvgIpc) is 3.02. The van der Waals surface area contributed by atoms with E-state index in [1.54, 1.807) is 62.3 Å². The first-order chi connectivity index (χ1) is 25.1. The highest BCUT2D eigenvalue weighted by Crippen LogP contribution is 2.28. The van der Waals surface area contributed by atoms with Gasteiger partial charge in [0.2, 0.25) is 5.91 Å². The van der Waals surface area contributed by atoms with E-state index in [9.17, 15) is 28.8 Å². The predicted octanol–water partition coefficient (Wildman–Crippen LogP) is 4.55. The second kappa shape index (κ2) is 24.9. The minimum absolute atomic E-state index is 0.0283. The monoisotopic (exact) mass is 980 g/mol. The Hall–Kier alpha value is -1.70. The first-order valence-corrected chi connectivity index (χ1v) is 20.4. The van der Waals surface area contributed by atoms with Crippen molar-refractivity contribution in [3.8, 4) is 0 Å². The maximum Gasteiger partial charge on any atom is 0.322 e. The summed E-state index contributed by atoms with van der Waals surface area (Å²) in [6.45, 7) is 15.2. The van der Waals surface area contributed by atoms with Gasteiger partial charge < -0.3 is 43.4 Å². The van der Waals surface area contributed by atoms with Gasteiger partial charge in [-0.05, 0) is 82.8 Å². The summed E-state index contributed by atoms with van der Waals surface area (Å²) in [5, 5.41) is 2.80. The summed E-state index contributed by atoms with van der Waals surface area (Å²) in [6.07, 6.45) is 0.547. The van der Waals surface area contributed by atoms with E-state index in [4.69, 9.17) is 33.2 Å². The van der Waals surface area contributed by atoms with Crippen molar-refractivity contribution in [1.82, 2.24) is 10.2 Å². The van der Waals surface area contributed by atoms with Crippen LogP contribution in [0.5, 0.6) is 0 Å². The van der Waals surface area contributed by atoms with Crippen molar-refractivity contribution in [2.75, 3.05) is 86.6 Å². The lowest BCUT2D eigenvalue weighted by Crippen LogP contribution is -2.46. The van der Waals surface area contributed by atoms with Gasteiger partial charge in [-0.25, -0.2) is 0 Å². The molecule has 0 aromatic heterocycles. The van der Waals surface area contributed by atoms with Crippen molar-refractivity contribution in [1.29, 1.82) is 0 Å². The summed E-state index contributed by atoms with van der Waals surface area (Å²) in [7, 11) is 3.65. The fraction of sp³-hybridized carbons (Fsp3) is 0.838. The van der Waals surface area contributed by atoms with Gasteiger partial charge in [0.25, 0.3) is 0 Å². The summed E-state index contributed by atoms with van der Waals surface area (Å²) >= 11 is 9.79. The number of hydrogen-bond donors (Lipinski definition) is 1. The van der Waals surface area contributed by atoms with Crippen molar-refractivity contribution in [2.24, 2.45) is 11.3 Å². The van der Waals surface area contributed by atoms with E-state index in [1.807, 2.05) is 19.0 Å². The van der Waals surface area contributed by atoms with Gasteiger partial charge in [0.15, 0.2) is 5.78 Å².